The maximum absolute atomic E-state index is 13.1. The second kappa shape index (κ2) is 11.0. The normalized spacial score (nSPS) is 14.6. The highest BCUT2D eigenvalue weighted by molar-refractivity contribution is 8.10. The Hall–Kier alpha value is -0.0900. The Morgan fingerprint density at radius 3 is 1.14 bits per heavy atom. The molecule has 0 spiro atoms. The summed E-state index contributed by atoms with van der Waals surface area (Å²) >= 11 is 0. The molecule has 0 rings (SSSR count). The van der Waals surface area contributed by atoms with Gasteiger partial charge in [0.25, 0.3) is 19.7 Å². The highest BCUT2D eigenvalue weighted by atomic mass is 32.3. The molecule has 0 aliphatic carbocycles. The number of halogens is 6. The van der Waals surface area contributed by atoms with E-state index in [1.54, 1.807) is 20.8 Å². The van der Waals surface area contributed by atoms with Crippen LogP contribution in [-0.4, -0.2) is 57.1 Å². The van der Waals surface area contributed by atoms with Crippen LogP contribution in [0, 0.1) is 0 Å². The molecule has 0 aromatic carbocycles. The molecule has 0 amide bonds. The summed E-state index contributed by atoms with van der Waals surface area (Å²) in [6, 6.07) is 0. The summed E-state index contributed by atoms with van der Waals surface area (Å²) in [7, 11) is -15.8. The van der Waals surface area contributed by atoms with Gasteiger partial charge < -0.3 is 0 Å². The van der Waals surface area contributed by atoms with Crippen LogP contribution in [0.25, 0.3) is 0 Å². The number of rotatable bonds is 13. The molecule has 0 aliphatic heterocycles. The fourth-order valence-electron chi connectivity index (χ4n) is 3.07. The maximum atomic E-state index is 13.1. The van der Waals surface area contributed by atoms with Gasteiger partial charge in [0.15, 0.2) is 0 Å². The van der Waals surface area contributed by atoms with Crippen molar-refractivity contribution in [3.63, 3.8) is 0 Å². The van der Waals surface area contributed by atoms with E-state index in [1.807, 2.05) is 0 Å². The van der Waals surface area contributed by atoms with Crippen LogP contribution < -0.4 is 0 Å². The third-order valence-electron chi connectivity index (χ3n) is 4.83. The summed E-state index contributed by atoms with van der Waals surface area (Å²) in [5.74, 6) is 0. The zero-order chi connectivity index (χ0) is 23.1. The van der Waals surface area contributed by atoms with Crippen molar-refractivity contribution in [3.05, 3.63) is 0 Å². The van der Waals surface area contributed by atoms with Crippen molar-refractivity contribution in [1.82, 2.24) is 0 Å². The molecule has 29 heavy (non-hydrogen) atoms. The number of sulfone groups is 2. The number of unbranched alkanes of at least 4 members (excludes halogenated alkanes) is 3. The molecule has 0 aromatic heterocycles. The molecular weight excluding hydrogens is 465 g/mol. The van der Waals surface area contributed by atoms with Crippen LogP contribution in [0.4, 0.5) is 26.3 Å². The van der Waals surface area contributed by atoms with E-state index >= 15 is 0 Å². The minimum absolute atomic E-state index is 0.279. The van der Waals surface area contributed by atoms with Crippen LogP contribution in [-0.2, 0) is 19.7 Å². The molecule has 0 N–H and O–H groups in total. The molecule has 0 saturated carbocycles. The van der Waals surface area contributed by atoms with Gasteiger partial charge in [-0.1, -0.05) is 40.0 Å². The van der Waals surface area contributed by atoms with Crippen molar-refractivity contribution < 1.29 is 43.2 Å². The quantitative estimate of drug-likeness (QED) is 0.246. The predicted molar refractivity (Wildman–Crippen MR) is 105 cm³/mol. The van der Waals surface area contributed by atoms with Crippen LogP contribution in [0.5, 0.6) is 0 Å². The first-order valence-corrected chi connectivity index (χ1v) is 15.1. The van der Waals surface area contributed by atoms with Crippen LogP contribution in [0.1, 0.15) is 59.3 Å². The van der Waals surface area contributed by atoms with Crippen LogP contribution >= 0.6 is 7.26 Å². The molecule has 0 unspecified atom stereocenters. The summed E-state index contributed by atoms with van der Waals surface area (Å²) in [4.78, 5) is 0. The number of hydrogen-bond acceptors (Lipinski definition) is 4. The van der Waals surface area contributed by atoms with Crippen molar-refractivity contribution in [2.24, 2.45) is 0 Å². The van der Waals surface area contributed by atoms with Gasteiger partial charge in [-0.2, -0.15) is 26.3 Å². The Morgan fingerprint density at radius 2 is 0.931 bits per heavy atom. The molecular formula is C16H30F6O4PS2+. The average molecular weight is 496 g/mol. The summed E-state index contributed by atoms with van der Waals surface area (Å²) in [6.45, 7) is 5.39. The molecule has 0 aromatic rings. The zero-order valence-corrected chi connectivity index (χ0v) is 19.3. The monoisotopic (exact) mass is 495 g/mol. The van der Waals surface area contributed by atoms with Gasteiger partial charge in [0.05, 0.1) is 24.6 Å². The van der Waals surface area contributed by atoms with Crippen LogP contribution in [0.15, 0.2) is 0 Å². The van der Waals surface area contributed by atoms with Gasteiger partial charge in [0, 0.05) is 7.26 Å². The fraction of sp³-hybridized carbons (Fsp3) is 1.00. The first-order valence-electron chi connectivity index (χ1n) is 9.47. The summed E-state index contributed by atoms with van der Waals surface area (Å²) in [5, 5.41) is 0. The van der Waals surface area contributed by atoms with Gasteiger partial charge in [-0.25, -0.2) is 16.8 Å². The second-order valence-electron chi connectivity index (χ2n) is 7.17. The lowest BCUT2D eigenvalue weighted by atomic mass is 10.4. The Bertz CT molecular complexity index is 636. The molecule has 0 heterocycles. The number of hydrogen-bond donors (Lipinski definition) is 0. The summed E-state index contributed by atoms with van der Waals surface area (Å²) < 4.78 is 123. The van der Waals surface area contributed by atoms with Gasteiger partial charge in [-0.05, 0) is 19.3 Å². The van der Waals surface area contributed by atoms with E-state index in [0.717, 1.165) is 0 Å². The minimum atomic E-state index is -6.57. The van der Waals surface area contributed by atoms with Crippen LogP contribution in [0.2, 0.25) is 0 Å². The lowest BCUT2D eigenvalue weighted by molar-refractivity contribution is -0.0468. The zero-order valence-electron chi connectivity index (χ0n) is 16.8. The van der Waals surface area contributed by atoms with E-state index in [1.165, 1.54) is 0 Å². The Balaban J connectivity index is 6.57. The fourth-order valence-corrected chi connectivity index (χ4v) is 13.9. The topological polar surface area (TPSA) is 68.3 Å². The molecule has 0 bridgehead atoms. The van der Waals surface area contributed by atoms with E-state index in [4.69, 9.17) is 0 Å². The van der Waals surface area contributed by atoms with E-state index in [-0.39, 0.29) is 18.5 Å². The van der Waals surface area contributed by atoms with Gasteiger partial charge in [-0.15, -0.1) is 0 Å². The molecule has 13 heteroatoms. The first kappa shape index (κ1) is 28.9. The second-order valence-corrected chi connectivity index (χ2v) is 16.1. The maximum Gasteiger partial charge on any atom is 0.498 e. The molecule has 0 atom stereocenters. The molecule has 0 radical (unpaired) electrons. The standard InChI is InChI=1S/C16H30F6O4PS2/c1-4-7-10-27(11-8-5-2,12-9-6-3)13-14(28(23,24)15(17,18)19)29(25,26)16(20,21)22/h14H,4-13H2,1-3H3/q+1. The van der Waals surface area contributed by atoms with E-state index in [2.05, 4.69) is 0 Å². The third-order valence-corrected chi connectivity index (χ3v) is 14.8. The summed E-state index contributed by atoms with van der Waals surface area (Å²) in [6.07, 6.45) is 3.05. The van der Waals surface area contributed by atoms with Gasteiger partial charge in [0.2, 0.25) is 4.58 Å². The van der Waals surface area contributed by atoms with Crippen molar-refractivity contribution >= 4 is 26.9 Å². The smallest absolute Gasteiger partial charge is 0.218 e. The highest BCUT2D eigenvalue weighted by Gasteiger charge is 2.65. The Labute approximate surface area is 170 Å². The molecule has 176 valence electrons. The average Bonchev–Trinajstić information content (AvgIpc) is 2.58. The minimum Gasteiger partial charge on any atom is -0.218 e. The van der Waals surface area contributed by atoms with Gasteiger partial charge >= 0.3 is 11.0 Å². The lowest BCUT2D eigenvalue weighted by Gasteiger charge is -2.31. The highest BCUT2D eigenvalue weighted by Crippen LogP contribution is 2.63. The van der Waals surface area contributed by atoms with Gasteiger partial charge in [0.1, 0.15) is 0 Å². The Kier molecular flexibility index (Phi) is 10.9. The van der Waals surface area contributed by atoms with E-state index in [0.29, 0.717) is 38.5 Å². The molecule has 0 aliphatic rings. The van der Waals surface area contributed by atoms with Crippen LogP contribution in [0.3, 0.4) is 0 Å². The Morgan fingerprint density at radius 1 is 0.655 bits per heavy atom. The van der Waals surface area contributed by atoms with Gasteiger partial charge in [-0.3, -0.25) is 0 Å². The molecule has 0 saturated heterocycles. The largest absolute Gasteiger partial charge is 0.498 e. The van der Waals surface area contributed by atoms with E-state index < -0.39 is 48.7 Å². The van der Waals surface area contributed by atoms with Crippen molar-refractivity contribution in [2.45, 2.75) is 74.9 Å². The van der Waals surface area contributed by atoms with Crippen molar-refractivity contribution in [1.29, 1.82) is 0 Å². The molecule has 0 fully saturated rings. The van der Waals surface area contributed by atoms with Crippen molar-refractivity contribution in [2.75, 3.05) is 24.6 Å². The summed E-state index contributed by atoms with van der Waals surface area (Å²) in [5.41, 5.74) is -12.2. The SMILES string of the molecule is CCCC[P+](CCCC)(CCCC)CC(S(=O)(=O)C(F)(F)F)S(=O)(=O)C(F)(F)F. The van der Waals surface area contributed by atoms with Crippen molar-refractivity contribution in [3.8, 4) is 0 Å². The third kappa shape index (κ3) is 7.52. The first-order chi connectivity index (χ1) is 13.0. The lowest BCUT2D eigenvalue weighted by Crippen LogP contribution is -2.47. The number of alkyl halides is 6. The van der Waals surface area contributed by atoms with E-state index in [9.17, 15) is 43.2 Å². The predicted octanol–water partition coefficient (Wildman–Crippen LogP) is 5.60. The molecule has 4 nitrogen and oxygen atoms in total.